The molecular formula is C26H24N4O. The van der Waals surface area contributed by atoms with Crippen molar-refractivity contribution in [1.29, 1.82) is 0 Å². The number of nitrogens with one attached hydrogen (secondary N) is 2. The summed E-state index contributed by atoms with van der Waals surface area (Å²) < 4.78 is 0. The van der Waals surface area contributed by atoms with Crippen LogP contribution in [0.1, 0.15) is 27.0 Å². The lowest BCUT2D eigenvalue weighted by molar-refractivity contribution is 0.0951. The number of amides is 1. The van der Waals surface area contributed by atoms with Gasteiger partial charge in [-0.3, -0.25) is 4.79 Å². The Labute approximate surface area is 182 Å². The van der Waals surface area contributed by atoms with Crippen LogP contribution in [0.4, 0.5) is 11.5 Å². The SMILES string of the molecule is Cc1ccc(CNC(=O)c2ccc(Nc3cc(-c4ccc(C)cc4)ncn3)cc2)cc1. The van der Waals surface area contributed by atoms with E-state index < -0.39 is 0 Å². The highest BCUT2D eigenvalue weighted by Crippen LogP contribution is 2.21. The molecular weight excluding hydrogens is 384 g/mol. The molecule has 0 fully saturated rings. The minimum absolute atomic E-state index is 0.101. The third-order valence-corrected chi connectivity index (χ3v) is 5.01. The smallest absolute Gasteiger partial charge is 0.251 e. The van der Waals surface area contributed by atoms with E-state index in [9.17, 15) is 4.79 Å². The average molecular weight is 409 g/mol. The monoisotopic (exact) mass is 408 g/mol. The lowest BCUT2D eigenvalue weighted by Crippen LogP contribution is -2.22. The third kappa shape index (κ3) is 5.34. The van der Waals surface area contributed by atoms with Crippen molar-refractivity contribution in [2.24, 2.45) is 0 Å². The van der Waals surface area contributed by atoms with Crippen LogP contribution in [0.15, 0.2) is 85.2 Å². The van der Waals surface area contributed by atoms with E-state index in [2.05, 4.69) is 39.7 Å². The molecule has 1 aromatic heterocycles. The normalized spacial score (nSPS) is 10.5. The molecule has 4 rings (SSSR count). The summed E-state index contributed by atoms with van der Waals surface area (Å²) in [5, 5.41) is 6.23. The van der Waals surface area contributed by atoms with Crippen molar-refractivity contribution in [1.82, 2.24) is 15.3 Å². The van der Waals surface area contributed by atoms with Gasteiger partial charge in [0.25, 0.3) is 5.91 Å². The fourth-order valence-electron chi connectivity index (χ4n) is 3.15. The van der Waals surface area contributed by atoms with Gasteiger partial charge in [-0.15, -0.1) is 0 Å². The molecule has 0 radical (unpaired) electrons. The van der Waals surface area contributed by atoms with Crippen LogP contribution in [0, 0.1) is 13.8 Å². The molecule has 4 aromatic rings. The number of hydrogen-bond donors (Lipinski definition) is 2. The van der Waals surface area contributed by atoms with Crippen molar-refractivity contribution >= 4 is 17.4 Å². The third-order valence-electron chi connectivity index (χ3n) is 5.01. The number of benzene rings is 3. The van der Waals surface area contributed by atoms with Crippen LogP contribution < -0.4 is 10.6 Å². The summed E-state index contributed by atoms with van der Waals surface area (Å²) in [5.74, 6) is 0.595. The predicted octanol–water partition coefficient (Wildman–Crippen LogP) is 5.43. The number of aryl methyl sites for hydroxylation is 2. The van der Waals surface area contributed by atoms with Gasteiger partial charge >= 0.3 is 0 Å². The summed E-state index contributed by atoms with van der Waals surface area (Å²) in [6.07, 6.45) is 1.55. The van der Waals surface area contributed by atoms with Crippen molar-refractivity contribution < 1.29 is 4.79 Å². The second-order valence-electron chi connectivity index (χ2n) is 7.53. The fourth-order valence-corrected chi connectivity index (χ4v) is 3.15. The van der Waals surface area contributed by atoms with E-state index in [1.54, 1.807) is 18.5 Å². The molecule has 2 N–H and O–H groups in total. The standard InChI is InChI=1S/C26H24N4O/c1-18-3-7-20(8-4-18)16-27-26(31)22-11-13-23(14-12-22)30-25-15-24(28-17-29-25)21-9-5-19(2)6-10-21/h3-15,17H,16H2,1-2H3,(H,27,31)(H,28,29,30). The van der Waals surface area contributed by atoms with Crippen molar-refractivity contribution in [3.05, 3.63) is 107 Å². The van der Waals surface area contributed by atoms with E-state index in [1.165, 1.54) is 11.1 Å². The van der Waals surface area contributed by atoms with Crippen molar-refractivity contribution in [2.75, 3.05) is 5.32 Å². The van der Waals surface area contributed by atoms with Crippen molar-refractivity contribution in [3.63, 3.8) is 0 Å². The summed E-state index contributed by atoms with van der Waals surface area (Å²) in [6.45, 7) is 4.60. The molecule has 0 unspecified atom stereocenters. The molecule has 0 aliphatic rings. The minimum atomic E-state index is -0.101. The van der Waals surface area contributed by atoms with Gasteiger partial charge in [-0.05, 0) is 43.7 Å². The number of hydrogen-bond acceptors (Lipinski definition) is 4. The number of carbonyl (C=O) groups is 1. The first-order chi connectivity index (χ1) is 15.1. The molecule has 0 atom stereocenters. The number of anilines is 2. The van der Waals surface area contributed by atoms with Crippen molar-refractivity contribution in [3.8, 4) is 11.3 Å². The number of nitrogens with zero attached hydrogens (tertiary/aromatic N) is 2. The highest BCUT2D eigenvalue weighted by Gasteiger charge is 2.07. The van der Waals surface area contributed by atoms with Crippen LogP contribution in [-0.2, 0) is 6.54 Å². The van der Waals surface area contributed by atoms with Crippen LogP contribution in [0.25, 0.3) is 11.3 Å². The largest absolute Gasteiger partial charge is 0.348 e. The van der Waals surface area contributed by atoms with Gasteiger partial charge in [0.05, 0.1) is 5.69 Å². The van der Waals surface area contributed by atoms with Gasteiger partial charge in [-0.2, -0.15) is 0 Å². The Morgan fingerprint density at radius 2 is 1.45 bits per heavy atom. The maximum Gasteiger partial charge on any atom is 0.251 e. The van der Waals surface area contributed by atoms with Gasteiger partial charge in [0, 0.05) is 29.4 Å². The first-order valence-electron chi connectivity index (χ1n) is 10.2. The van der Waals surface area contributed by atoms with Gasteiger partial charge in [0.2, 0.25) is 0 Å². The molecule has 5 nitrogen and oxygen atoms in total. The fraction of sp³-hybridized carbons (Fsp3) is 0.115. The molecule has 0 saturated carbocycles. The van der Waals surface area contributed by atoms with Crippen molar-refractivity contribution in [2.45, 2.75) is 20.4 Å². The molecule has 154 valence electrons. The van der Waals surface area contributed by atoms with Crippen LogP contribution in [-0.4, -0.2) is 15.9 Å². The molecule has 3 aromatic carbocycles. The van der Waals surface area contributed by atoms with E-state index in [4.69, 9.17) is 0 Å². The Bertz CT molecular complexity index is 1170. The highest BCUT2D eigenvalue weighted by atomic mass is 16.1. The number of rotatable bonds is 6. The van der Waals surface area contributed by atoms with Crippen LogP contribution in [0.5, 0.6) is 0 Å². The summed E-state index contributed by atoms with van der Waals surface area (Å²) in [6, 6.07) is 25.6. The first kappa shape index (κ1) is 20.3. The van der Waals surface area contributed by atoms with E-state index >= 15 is 0 Å². The zero-order valence-corrected chi connectivity index (χ0v) is 17.6. The zero-order chi connectivity index (χ0) is 21.6. The zero-order valence-electron chi connectivity index (χ0n) is 17.6. The predicted molar refractivity (Wildman–Crippen MR) is 124 cm³/mol. The van der Waals surface area contributed by atoms with Gasteiger partial charge in [0.1, 0.15) is 12.1 Å². The molecule has 1 heterocycles. The maximum atomic E-state index is 12.4. The number of carbonyl (C=O) groups excluding carboxylic acids is 1. The second-order valence-corrected chi connectivity index (χ2v) is 7.53. The quantitative estimate of drug-likeness (QED) is 0.446. The van der Waals surface area contributed by atoms with E-state index in [0.29, 0.717) is 17.9 Å². The molecule has 5 heteroatoms. The van der Waals surface area contributed by atoms with E-state index in [0.717, 1.165) is 22.5 Å². The summed E-state index contributed by atoms with van der Waals surface area (Å²) >= 11 is 0. The van der Waals surface area contributed by atoms with Crippen LogP contribution in [0.3, 0.4) is 0 Å². The Morgan fingerprint density at radius 3 is 2.13 bits per heavy atom. The lowest BCUT2D eigenvalue weighted by Gasteiger charge is -2.09. The van der Waals surface area contributed by atoms with Crippen LogP contribution in [0.2, 0.25) is 0 Å². The topological polar surface area (TPSA) is 66.9 Å². The molecule has 0 bridgehead atoms. The Kier molecular flexibility index (Phi) is 6.03. The molecule has 1 amide bonds. The van der Waals surface area contributed by atoms with Gasteiger partial charge < -0.3 is 10.6 Å². The second kappa shape index (κ2) is 9.22. The van der Waals surface area contributed by atoms with Gasteiger partial charge in [-0.25, -0.2) is 9.97 Å². The average Bonchev–Trinajstić information content (AvgIpc) is 2.80. The van der Waals surface area contributed by atoms with E-state index in [1.807, 2.05) is 61.5 Å². The van der Waals surface area contributed by atoms with E-state index in [-0.39, 0.29) is 5.91 Å². The molecule has 0 aliphatic heterocycles. The summed E-state index contributed by atoms with van der Waals surface area (Å²) in [5.41, 5.74) is 6.84. The number of aromatic nitrogens is 2. The lowest BCUT2D eigenvalue weighted by atomic mass is 10.1. The first-order valence-corrected chi connectivity index (χ1v) is 10.2. The molecule has 0 aliphatic carbocycles. The highest BCUT2D eigenvalue weighted by molar-refractivity contribution is 5.94. The summed E-state index contributed by atoms with van der Waals surface area (Å²) in [4.78, 5) is 21.1. The van der Waals surface area contributed by atoms with Crippen LogP contribution >= 0.6 is 0 Å². The molecule has 31 heavy (non-hydrogen) atoms. The molecule has 0 spiro atoms. The maximum absolute atomic E-state index is 12.4. The molecule has 0 saturated heterocycles. The van der Waals surface area contributed by atoms with Gasteiger partial charge in [-0.1, -0.05) is 59.7 Å². The Balaban J connectivity index is 1.39. The van der Waals surface area contributed by atoms with Gasteiger partial charge in [0.15, 0.2) is 0 Å². The Morgan fingerprint density at radius 1 is 0.806 bits per heavy atom. The Hall–Kier alpha value is -3.99. The minimum Gasteiger partial charge on any atom is -0.348 e. The summed E-state index contributed by atoms with van der Waals surface area (Å²) in [7, 11) is 0.